The van der Waals surface area contributed by atoms with Crippen molar-refractivity contribution in [3.05, 3.63) is 53.9 Å². The molecular formula is C23H30N6O2. The first kappa shape index (κ1) is 22.3. The molecule has 1 aromatic heterocycles. The van der Waals surface area contributed by atoms with Crippen LogP contribution in [0.4, 0.5) is 17.3 Å². The quantitative estimate of drug-likeness (QED) is 0.694. The highest BCUT2D eigenvalue weighted by molar-refractivity contribution is 5.96. The Balaban J connectivity index is 1.91. The molecule has 1 aliphatic heterocycles. The lowest BCUT2D eigenvalue weighted by molar-refractivity contribution is -0.129. The molecular weight excluding hydrogens is 392 g/mol. The van der Waals surface area contributed by atoms with Crippen molar-refractivity contribution < 1.29 is 9.59 Å². The second-order valence-corrected chi connectivity index (χ2v) is 8.01. The number of nitrogens with one attached hydrogen (secondary N) is 1. The van der Waals surface area contributed by atoms with Gasteiger partial charge in [0.2, 0.25) is 5.91 Å². The molecule has 8 nitrogen and oxygen atoms in total. The molecule has 0 radical (unpaired) electrons. The van der Waals surface area contributed by atoms with Gasteiger partial charge in [-0.25, -0.2) is 9.97 Å². The topological polar surface area (TPSA) is 104 Å². The highest BCUT2D eigenvalue weighted by atomic mass is 16.2. The molecule has 0 spiro atoms. The zero-order valence-corrected chi connectivity index (χ0v) is 18.6. The Morgan fingerprint density at radius 3 is 2.71 bits per heavy atom. The van der Waals surface area contributed by atoms with E-state index in [4.69, 9.17) is 5.73 Å². The number of nitrogens with zero attached hydrogens (tertiary/aromatic N) is 4. The van der Waals surface area contributed by atoms with E-state index in [9.17, 15) is 9.59 Å². The molecule has 0 bridgehead atoms. The molecule has 1 saturated heterocycles. The maximum absolute atomic E-state index is 12.2. The van der Waals surface area contributed by atoms with Gasteiger partial charge < -0.3 is 20.9 Å². The van der Waals surface area contributed by atoms with Crippen LogP contribution in [0.2, 0.25) is 0 Å². The van der Waals surface area contributed by atoms with Gasteiger partial charge in [-0.1, -0.05) is 12.6 Å². The van der Waals surface area contributed by atoms with Crippen LogP contribution in [-0.4, -0.2) is 52.4 Å². The lowest BCUT2D eigenvalue weighted by atomic mass is 9.96. The number of benzene rings is 1. The summed E-state index contributed by atoms with van der Waals surface area (Å²) in [4.78, 5) is 36.9. The normalized spacial score (nSPS) is 18.4. The van der Waals surface area contributed by atoms with Gasteiger partial charge in [-0.3, -0.25) is 9.59 Å². The molecule has 2 aromatic rings. The number of carbonyl (C=O) groups excluding carboxylic acids is 2. The second-order valence-electron chi connectivity index (χ2n) is 8.01. The van der Waals surface area contributed by atoms with Crippen molar-refractivity contribution in [3.8, 4) is 0 Å². The van der Waals surface area contributed by atoms with Gasteiger partial charge in [-0.2, -0.15) is 0 Å². The van der Waals surface area contributed by atoms with E-state index in [0.29, 0.717) is 18.2 Å². The van der Waals surface area contributed by atoms with Crippen molar-refractivity contribution in [2.45, 2.75) is 45.7 Å². The average molecular weight is 423 g/mol. The van der Waals surface area contributed by atoms with Crippen molar-refractivity contribution in [2.24, 2.45) is 5.73 Å². The van der Waals surface area contributed by atoms with E-state index in [0.717, 1.165) is 24.1 Å². The van der Waals surface area contributed by atoms with E-state index in [1.165, 1.54) is 11.6 Å². The van der Waals surface area contributed by atoms with E-state index in [1.807, 2.05) is 55.8 Å². The number of hydrogen-bond acceptors (Lipinski definition) is 6. The first-order valence-electron chi connectivity index (χ1n) is 10.4. The Morgan fingerprint density at radius 2 is 2.06 bits per heavy atom. The van der Waals surface area contributed by atoms with Gasteiger partial charge in [0.25, 0.3) is 5.91 Å². The number of amides is 2. The summed E-state index contributed by atoms with van der Waals surface area (Å²) in [6, 6.07) is 5.95. The van der Waals surface area contributed by atoms with E-state index < -0.39 is 5.91 Å². The summed E-state index contributed by atoms with van der Waals surface area (Å²) in [5, 5.41) is 3.19. The number of primary amides is 1. The lowest BCUT2D eigenvalue weighted by Gasteiger charge is -2.43. The van der Waals surface area contributed by atoms with Gasteiger partial charge in [0.05, 0.1) is 12.2 Å². The number of aryl methyl sites for hydroxylation is 2. The van der Waals surface area contributed by atoms with Gasteiger partial charge in [-0.15, -0.1) is 0 Å². The number of anilines is 3. The van der Waals surface area contributed by atoms with Crippen LogP contribution in [0, 0.1) is 13.8 Å². The lowest BCUT2D eigenvalue weighted by Crippen LogP contribution is -2.55. The third-order valence-corrected chi connectivity index (χ3v) is 6.03. The van der Waals surface area contributed by atoms with Crippen LogP contribution in [0.5, 0.6) is 0 Å². The smallest absolute Gasteiger partial charge is 0.271 e. The molecule has 1 fully saturated rings. The van der Waals surface area contributed by atoms with Crippen LogP contribution < -0.4 is 16.0 Å². The minimum atomic E-state index is -0.651. The van der Waals surface area contributed by atoms with Crippen molar-refractivity contribution in [1.82, 2.24) is 14.9 Å². The van der Waals surface area contributed by atoms with Crippen LogP contribution in [0.1, 0.15) is 41.4 Å². The van der Waals surface area contributed by atoms with Crippen molar-refractivity contribution in [1.29, 1.82) is 0 Å². The summed E-state index contributed by atoms with van der Waals surface area (Å²) in [5.41, 5.74) is 8.70. The number of carbonyl (C=O) groups is 2. The van der Waals surface area contributed by atoms with Crippen LogP contribution in [-0.2, 0) is 4.79 Å². The van der Waals surface area contributed by atoms with E-state index >= 15 is 0 Å². The maximum Gasteiger partial charge on any atom is 0.271 e. The first-order valence-corrected chi connectivity index (χ1v) is 10.4. The molecule has 1 aliphatic rings. The highest BCUT2D eigenvalue weighted by Crippen LogP contribution is 2.27. The fourth-order valence-electron chi connectivity index (χ4n) is 4.01. The first-order chi connectivity index (χ1) is 14.7. The molecule has 164 valence electrons. The Morgan fingerprint density at radius 1 is 1.32 bits per heavy atom. The SMILES string of the molecule is C=CC(=O)N1CCC[C@@H](N(C)c2cnc(C(N)=O)c(Nc3ccc(C)c(C)c3)n2)[C@H]1C. The summed E-state index contributed by atoms with van der Waals surface area (Å²) >= 11 is 0. The van der Waals surface area contributed by atoms with Crippen LogP contribution in [0.3, 0.4) is 0 Å². The largest absolute Gasteiger partial charge is 0.364 e. The zero-order chi connectivity index (χ0) is 22.7. The van der Waals surface area contributed by atoms with E-state index in [-0.39, 0.29) is 23.7 Å². The van der Waals surface area contributed by atoms with Crippen molar-refractivity contribution in [3.63, 3.8) is 0 Å². The van der Waals surface area contributed by atoms with Gasteiger partial charge in [0.15, 0.2) is 11.5 Å². The fraction of sp³-hybridized carbons (Fsp3) is 0.391. The molecule has 0 saturated carbocycles. The average Bonchev–Trinajstić information content (AvgIpc) is 2.75. The van der Waals surface area contributed by atoms with Crippen LogP contribution in [0.25, 0.3) is 0 Å². The summed E-state index contributed by atoms with van der Waals surface area (Å²) in [6.07, 6.45) is 4.70. The van der Waals surface area contributed by atoms with E-state index in [2.05, 4.69) is 21.9 Å². The Kier molecular flexibility index (Phi) is 6.58. The molecule has 1 aromatic carbocycles. The highest BCUT2D eigenvalue weighted by Gasteiger charge is 2.33. The summed E-state index contributed by atoms with van der Waals surface area (Å²) in [5.74, 6) is 0.184. The number of aromatic nitrogens is 2. The predicted molar refractivity (Wildman–Crippen MR) is 123 cm³/mol. The van der Waals surface area contributed by atoms with Gasteiger partial charge in [0.1, 0.15) is 5.82 Å². The molecule has 0 aliphatic carbocycles. The standard InChI is InChI=1S/C23H30N6O2/c1-6-20(30)29-11-7-8-18(16(29)4)28(5)19-13-25-21(22(24)31)23(27-19)26-17-10-9-14(2)15(3)12-17/h6,9-10,12-13,16,18H,1,7-8,11H2,2-5H3,(H2,24,31)(H,26,27)/t16-,18-/m1/s1. The summed E-state index contributed by atoms with van der Waals surface area (Å²) < 4.78 is 0. The molecule has 2 amide bonds. The zero-order valence-electron chi connectivity index (χ0n) is 18.6. The number of hydrogen-bond donors (Lipinski definition) is 2. The molecule has 3 rings (SSSR count). The third kappa shape index (κ3) is 4.68. The monoisotopic (exact) mass is 422 g/mol. The number of piperidine rings is 1. The van der Waals surface area contributed by atoms with Gasteiger partial charge >= 0.3 is 0 Å². The summed E-state index contributed by atoms with van der Waals surface area (Å²) in [6.45, 7) is 10.4. The molecule has 2 heterocycles. The number of nitrogens with two attached hydrogens (primary N) is 1. The second kappa shape index (κ2) is 9.16. The Labute approximate surface area is 183 Å². The van der Waals surface area contributed by atoms with Crippen LogP contribution >= 0.6 is 0 Å². The molecule has 31 heavy (non-hydrogen) atoms. The maximum atomic E-state index is 12.2. The van der Waals surface area contributed by atoms with Gasteiger partial charge in [-0.05, 0) is 62.9 Å². The van der Waals surface area contributed by atoms with Crippen LogP contribution in [0.15, 0.2) is 37.1 Å². The minimum absolute atomic E-state index is 0.0157. The fourth-order valence-corrected chi connectivity index (χ4v) is 4.01. The summed E-state index contributed by atoms with van der Waals surface area (Å²) in [7, 11) is 1.93. The number of likely N-dealkylation sites (tertiary alicyclic amines) is 1. The van der Waals surface area contributed by atoms with E-state index in [1.54, 1.807) is 6.20 Å². The third-order valence-electron chi connectivity index (χ3n) is 6.03. The molecule has 2 atom stereocenters. The predicted octanol–water partition coefficient (Wildman–Crippen LogP) is 2.94. The van der Waals surface area contributed by atoms with Crippen molar-refractivity contribution >= 4 is 29.1 Å². The molecule has 0 unspecified atom stereocenters. The minimum Gasteiger partial charge on any atom is -0.364 e. The Bertz CT molecular complexity index is 1010. The molecule has 3 N–H and O–H groups in total. The number of rotatable bonds is 6. The Hall–Kier alpha value is -3.42. The van der Waals surface area contributed by atoms with Crippen molar-refractivity contribution in [2.75, 3.05) is 23.8 Å². The molecule has 8 heteroatoms. The number of likely N-dealkylation sites (N-methyl/N-ethyl adjacent to an activating group) is 1. The van der Waals surface area contributed by atoms with Gasteiger partial charge in [0, 0.05) is 25.3 Å².